The van der Waals surface area contributed by atoms with E-state index in [1.54, 1.807) is 0 Å². The van der Waals surface area contributed by atoms with Crippen LogP contribution in [0.4, 0.5) is 11.4 Å². The molecule has 36 heavy (non-hydrogen) atoms. The average molecular weight is 532 g/mol. The molecular formula is C25H26ClN3O6S. The van der Waals surface area contributed by atoms with Crippen LogP contribution in [0.15, 0.2) is 71.6 Å². The Morgan fingerprint density at radius 1 is 1.14 bits per heavy atom. The van der Waals surface area contributed by atoms with Gasteiger partial charge in [-0.2, -0.15) is 0 Å². The smallest absolute Gasteiger partial charge is 0.273 e. The molecule has 9 nitrogen and oxygen atoms in total. The van der Waals surface area contributed by atoms with Crippen LogP contribution in [0.5, 0.6) is 5.75 Å². The van der Waals surface area contributed by atoms with Crippen LogP contribution in [0.25, 0.3) is 0 Å². The van der Waals surface area contributed by atoms with Crippen LogP contribution in [0.3, 0.4) is 0 Å². The number of hydrogen-bond donors (Lipinski definition) is 1. The molecule has 3 aromatic rings. The molecule has 0 aromatic heterocycles. The first-order chi connectivity index (χ1) is 17.1. The maximum Gasteiger partial charge on any atom is 0.273 e. The van der Waals surface area contributed by atoms with Crippen LogP contribution in [0, 0.1) is 17.0 Å². The van der Waals surface area contributed by atoms with Gasteiger partial charge in [0.15, 0.2) is 0 Å². The van der Waals surface area contributed by atoms with Crippen molar-refractivity contribution in [3.05, 3.63) is 93.0 Å². The number of sulfonamides is 1. The molecule has 0 saturated carbocycles. The molecule has 3 aromatic carbocycles. The van der Waals surface area contributed by atoms with Gasteiger partial charge in [-0.25, -0.2) is 8.42 Å². The maximum atomic E-state index is 13.8. The van der Waals surface area contributed by atoms with Crippen molar-refractivity contribution in [3.63, 3.8) is 0 Å². The van der Waals surface area contributed by atoms with Gasteiger partial charge in [-0.3, -0.25) is 19.2 Å². The standard InChI is InChI=1S/C25H26ClN3O6S/c1-4-21(18-8-6-5-7-9-18)27-25(30)16-28(23-14-19(26)11-13-24(23)35-3)36(33,34)20-12-10-17(2)22(15-20)29(31)32/h5-15,21H,4,16H2,1-3H3,(H,27,30). The van der Waals surface area contributed by atoms with E-state index in [1.165, 1.54) is 44.4 Å². The molecule has 11 heteroatoms. The third kappa shape index (κ3) is 5.95. The van der Waals surface area contributed by atoms with Crippen LogP contribution in [0.1, 0.15) is 30.5 Å². The van der Waals surface area contributed by atoms with Gasteiger partial charge in [-0.15, -0.1) is 0 Å². The highest BCUT2D eigenvalue weighted by molar-refractivity contribution is 7.92. The van der Waals surface area contributed by atoms with Crippen LogP contribution in [-0.2, 0) is 14.8 Å². The minimum atomic E-state index is -4.45. The van der Waals surface area contributed by atoms with Crippen molar-refractivity contribution in [2.45, 2.75) is 31.2 Å². The molecule has 0 fully saturated rings. The van der Waals surface area contributed by atoms with Crippen molar-refractivity contribution in [2.24, 2.45) is 0 Å². The number of halogens is 1. The summed E-state index contributed by atoms with van der Waals surface area (Å²) in [6.45, 7) is 2.80. The van der Waals surface area contributed by atoms with E-state index in [9.17, 15) is 23.3 Å². The van der Waals surface area contributed by atoms with Gasteiger partial charge < -0.3 is 10.1 Å². The summed E-state index contributed by atoms with van der Waals surface area (Å²) in [5, 5.41) is 14.5. The van der Waals surface area contributed by atoms with Crippen LogP contribution in [0.2, 0.25) is 5.02 Å². The van der Waals surface area contributed by atoms with E-state index in [4.69, 9.17) is 16.3 Å². The lowest BCUT2D eigenvalue weighted by Crippen LogP contribution is -2.42. The highest BCUT2D eigenvalue weighted by Gasteiger charge is 2.32. The van der Waals surface area contributed by atoms with Gasteiger partial charge in [0.25, 0.3) is 15.7 Å². The molecule has 190 valence electrons. The first kappa shape index (κ1) is 27.0. The molecule has 0 heterocycles. The van der Waals surface area contributed by atoms with E-state index >= 15 is 0 Å². The van der Waals surface area contributed by atoms with Gasteiger partial charge in [0.05, 0.1) is 28.7 Å². The predicted molar refractivity (Wildman–Crippen MR) is 138 cm³/mol. The number of nitro groups is 1. The fourth-order valence-electron chi connectivity index (χ4n) is 3.71. The lowest BCUT2D eigenvalue weighted by Gasteiger charge is -2.27. The molecule has 1 unspecified atom stereocenters. The van der Waals surface area contributed by atoms with Crippen molar-refractivity contribution < 1.29 is 22.9 Å². The zero-order valence-corrected chi connectivity index (χ0v) is 21.5. The Labute approximate surface area is 214 Å². The summed E-state index contributed by atoms with van der Waals surface area (Å²) >= 11 is 6.16. The van der Waals surface area contributed by atoms with Crippen molar-refractivity contribution in [1.29, 1.82) is 0 Å². The van der Waals surface area contributed by atoms with Crippen molar-refractivity contribution in [2.75, 3.05) is 18.0 Å². The van der Waals surface area contributed by atoms with Crippen LogP contribution < -0.4 is 14.4 Å². The summed E-state index contributed by atoms with van der Waals surface area (Å²) in [7, 11) is -3.09. The molecule has 0 saturated heterocycles. The van der Waals surface area contributed by atoms with E-state index in [2.05, 4.69) is 5.32 Å². The summed E-state index contributed by atoms with van der Waals surface area (Å²) in [5.74, 6) is -0.412. The molecule has 3 rings (SSSR count). The molecule has 0 radical (unpaired) electrons. The zero-order valence-electron chi connectivity index (χ0n) is 20.0. The number of aryl methyl sites for hydroxylation is 1. The molecule has 1 atom stereocenters. The third-order valence-corrected chi connectivity index (χ3v) is 7.60. The number of benzene rings is 3. The molecule has 0 bridgehead atoms. The second-order valence-corrected chi connectivity index (χ2v) is 10.3. The second kappa shape index (κ2) is 11.4. The first-order valence-electron chi connectivity index (χ1n) is 11.0. The number of carbonyl (C=O) groups is 1. The first-order valence-corrected chi connectivity index (χ1v) is 12.9. The molecule has 1 amide bonds. The van der Waals surface area contributed by atoms with Gasteiger partial charge in [-0.1, -0.05) is 54.9 Å². The Hall–Kier alpha value is -3.63. The minimum absolute atomic E-state index is 0.0242. The topological polar surface area (TPSA) is 119 Å². The number of rotatable bonds is 10. The van der Waals surface area contributed by atoms with Gasteiger partial charge in [0.2, 0.25) is 5.91 Å². The van der Waals surface area contributed by atoms with Gasteiger partial charge in [0.1, 0.15) is 12.3 Å². The number of nitrogens with zero attached hydrogens (tertiary/aromatic N) is 2. The van der Waals surface area contributed by atoms with E-state index in [0.717, 1.165) is 15.9 Å². The molecule has 0 aliphatic rings. The predicted octanol–water partition coefficient (Wildman–Crippen LogP) is 5.03. The lowest BCUT2D eigenvalue weighted by molar-refractivity contribution is -0.385. The highest BCUT2D eigenvalue weighted by atomic mass is 35.5. The molecule has 0 aliphatic heterocycles. The highest BCUT2D eigenvalue weighted by Crippen LogP contribution is 2.35. The van der Waals surface area contributed by atoms with E-state index in [-0.39, 0.29) is 33.1 Å². The van der Waals surface area contributed by atoms with Crippen LogP contribution >= 0.6 is 11.6 Å². The summed E-state index contributed by atoms with van der Waals surface area (Å²) < 4.78 is 33.8. The number of methoxy groups -OCH3 is 1. The molecule has 0 aliphatic carbocycles. The normalized spacial score (nSPS) is 12.0. The summed E-state index contributed by atoms with van der Waals surface area (Å²) in [5.41, 5.74) is 0.847. The third-order valence-electron chi connectivity index (χ3n) is 5.61. The number of amides is 1. The Balaban J connectivity index is 2.06. The monoisotopic (exact) mass is 531 g/mol. The Morgan fingerprint density at radius 2 is 1.83 bits per heavy atom. The van der Waals surface area contributed by atoms with Crippen LogP contribution in [-0.4, -0.2) is 32.9 Å². The fraction of sp³-hybridized carbons (Fsp3) is 0.240. The number of carbonyl (C=O) groups excluding carboxylic acids is 1. The molecule has 0 spiro atoms. The summed E-state index contributed by atoms with van der Waals surface area (Å²) in [6, 6.07) is 16.9. The molecular weight excluding hydrogens is 506 g/mol. The van der Waals surface area contributed by atoms with Gasteiger partial charge in [-0.05, 0) is 43.2 Å². The van der Waals surface area contributed by atoms with E-state index in [1.807, 2.05) is 37.3 Å². The van der Waals surface area contributed by atoms with Crippen molar-refractivity contribution in [3.8, 4) is 5.75 Å². The Bertz CT molecular complexity index is 1370. The lowest BCUT2D eigenvalue weighted by atomic mass is 10.0. The largest absolute Gasteiger partial charge is 0.495 e. The Morgan fingerprint density at radius 3 is 2.44 bits per heavy atom. The molecule has 1 N–H and O–H groups in total. The fourth-order valence-corrected chi connectivity index (χ4v) is 5.32. The second-order valence-electron chi connectivity index (χ2n) is 7.97. The van der Waals surface area contributed by atoms with Gasteiger partial charge >= 0.3 is 0 Å². The number of anilines is 1. The Kier molecular flexibility index (Phi) is 8.54. The SMILES string of the molecule is CCC(NC(=O)CN(c1cc(Cl)ccc1OC)S(=O)(=O)c1ccc(C)c([N+](=O)[O-])c1)c1ccccc1. The number of nitro benzene ring substituents is 1. The quantitative estimate of drug-likeness (QED) is 0.289. The van der Waals surface area contributed by atoms with E-state index < -0.39 is 27.4 Å². The number of ether oxygens (including phenoxy) is 1. The summed E-state index contributed by atoms with van der Waals surface area (Å²) in [4.78, 5) is 23.6. The number of nitrogens with one attached hydrogen (secondary N) is 1. The van der Waals surface area contributed by atoms with Crippen molar-refractivity contribution in [1.82, 2.24) is 5.32 Å². The van der Waals surface area contributed by atoms with Crippen molar-refractivity contribution >= 4 is 38.9 Å². The number of hydrogen-bond acceptors (Lipinski definition) is 6. The van der Waals surface area contributed by atoms with E-state index in [0.29, 0.717) is 12.0 Å². The van der Waals surface area contributed by atoms with Gasteiger partial charge in [0, 0.05) is 16.7 Å². The summed E-state index contributed by atoms with van der Waals surface area (Å²) in [6.07, 6.45) is 0.577. The maximum absolute atomic E-state index is 13.8. The average Bonchev–Trinajstić information content (AvgIpc) is 2.86. The minimum Gasteiger partial charge on any atom is -0.495 e. The zero-order chi connectivity index (χ0) is 26.5.